The van der Waals surface area contributed by atoms with Gasteiger partial charge in [-0.2, -0.15) is 9.50 Å². The molecule has 0 saturated carbocycles. The van der Waals surface area contributed by atoms with Gasteiger partial charge < -0.3 is 14.8 Å². The predicted molar refractivity (Wildman–Crippen MR) is 120 cm³/mol. The van der Waals surface area contributed by atoms with E-state index in [0.29, 0.717) is 34.5 Å². The van der Waals surface area contributed by atoms with Crippen molar-refractivity contribution in [2.24, 2.45) is 0 Å². The Morgan fingerprint density at radius 3 is 2.58 bits per heavy atom. The van der Waals surface area contributed by atoms with Crippen LogP contribution < -0.4 is 14.8 Å². The number of aromatic nitrogens is 4. The summed E-state index contributed by atoms with van der Waals surface area (Å²) in [5.41, 5.74) is 4.25. The number of methoxy groups -OCH3 is 2. The van der Waals surface area contributed by atoms with Gasteiger partial charge in [-0.15, -0.1) is 5.10 Å². The highest BCUT2D eigenvalue weighted by atomic mass is 35.5. The van der Waals surface area contributed by atoms with Crippen LogP contribution in [0.15, 0.2) is 42.5 Å². The van der Waals surface area contributed by atoms with Gasteiger partial charge in [-0.05, 0) is 49.1 Å². The molecular formula is C23H22ClN5O2. The minimum atomic E-state index is 0.604. The Hall–Kier alpha value is -3.32. The first-order chi connectivity index (χ1) is 15.1. The largest absolute Gasteiger partial charge is 0.493 e. The van der Waals surface area contributed by atoms with Gasteiger partial charge in [-0.3, -0.25) is 0 Å². The number of hydrogen-bond acceptors (Lipinski definition) is 6. The van der Waals surface area contributed by atoms with Crippen LogP contribution in [0.25, 0.3) is 5.78 Å². The lowest BCUT2D eigenvalue weighted by atomic mass is 10.1. The standard InChI is InChI=1S/C23H22ClN5O2/c1-30-19-11-10-16(13-20(19)31-2)25-22-17-4-3-5-18(17)26-23-27-21(28-29(22)23)12-14-6-8-15(24)9-7-14/h6-11,13,25H,3-5,12H2,1-2H3. The van der Waals surface area contributed by atoms with Crippen LogP contribution >= 0.6 is 11.6 Å². The number of halogens is 1. The molecule has 7 nitrogen and oxygen atoms in total. The minimum Gasteiger partial charge on any atom is -0.493 e. The third-order valence-corrected chi connectivity index (χ3v) is 5.73. The molecule has 4 aromatic rings. The van der Waals surface area contributed by atoms with Crippen molar-refractivity contribution in [3.8, 4) is 11.5 Å². The second-order valence-electron chi connectivity index (χ2n) is 7.48. The molecule has 1 N–H and O–H groups in total. The number of nitrogens with zero attached hydrogens (tertiary/aromatic N) is 4. The Labute approximate surface area is 185 Å². The highest BCUT2D eigenvalue weighted by Crippen LogP contribution is 2.34. The first kappa shape index (κ1) is 19.6. The Kier molecular flexibility index (Phi) is 5.11. The molecule has 5 rings (SSSR count). The summed E-state index contributed by atoms with van der Waals surface area (Å²) in [6.45, 7) is 0. The first-order valence-electron chi connectivity index (χ1n) is 10.2. The smallest absolute Gasteiger partial charge is 0.254 e. The van der Waals surface area contributed by atoms with Gasteiger partial charge in [0.1, 0.15) is 5.82 Å². The van der Waals surface area contributed by atoms with Gasteiger partial charge in [0.2, 0.25) is 0 Å². The molecular weight excluding hydrogens is 414 g/mol. The van der Waals surface area contributed by atoms with Crippen LogP contribution in [0.1, 0.15) is 29.1 Å². The van der Waals surface area contributed by atoms with Crippen molar-refractivity contribution < 1.29 is 9.47 Å². The summed E-state index contributed by atoms with van der Waals surface area (Å²) in [6, 6.07) is 13.5. The number of nitrogens with one attached hydrogen (secondary N) is 1. The van der Waals surface area contributed by atoms with E-state index in [0.717, 1.165) is 42.0 Å². The van der Waals surface area contributed by atoms with Crippen molar-refractivity contribution in [3.05, 3.63) is 70.1 Å². The van der Waals surface area contributed by atoms with E-state index in [2.05, 4.69) is 5.32 Å². The van der Waals surface area contributed by atoms with Crippen molar-refractivity contribution in [1.82, 2.24) is 19.6 Å². The van der Waals surface area contributed by atoms with Crippen molar-refractivity contribution in [2.75, 3.05) is 19.5 Å². The van der Waals surface area contributed by atoms with Gasteiger partial charge >= 0.3 is 0 Å². The highest BCUT2D eigenvalue weighted by molar-refractivity contribution is 6.30. The van der Waals surface area contributed by atoms with E-state index in [1.165, 1.54) is 5.56 Å². The van der Waals surface area contributed by atoms with Crippen LogP contribution in [0.3, 0.4) is 0 Å². The number of fused-ring (bicyclic) bond motifs is 2. The van der Waals surface area contributed by atoms with E-state index in [1.54, 1.807) is 14.2 Å². The second kappa shape index (κ2) is 8.07. The van der Waals surface area contributed by atoms with Crippen LogP contribution in [0.4, 0.5) is 11.5 Å². The molecule has 158 valence electrons. The minimum absolute atomic E-state index is 0.604. The molecule has 0 atom stereocenters. The van der Waals surface area contributed by atoms with E-state index >= 15 is 0 Å². The van der Waals surface area contributed by atoms with Gasteiger partial charge in [0.05, 0.1) is 19.9 Å². The highest BCUT2D eigenvalue weighted by Gasteiger charge is 2.22. The van der Waals surface area contributed by atoms with Crippen molar-refractivity contribution >= 4 is 28.9 Å². The fourth-order valence-corrected chi connectivity index (χ4v) is 4.09. The molecule has 0 fully saturated rings. The Bertz CT molecular complexity index is 1250. The summed E-state index contributed by atoms with van der Waals surface area (Å²) in [5.74, 6) is 3.57. The molecule has 8 heteroatoms. The number of ether oxygens (including phenoxy) is 2. The summed E-state index contributed by atoms with van der Waals surface area (Å²) < 4.78 is 12.6. The summed E-state index contributed by atoms with van der Waals surface area (Å²) in [4.78, 5) is 9.47. The maximum Gasteiger partial charge on any atom is 0.254 e. The molecule has 0 bridgehead atoms. The number of benzene rings is 2. The molecule has 31 heavy (non-hydrogen) atoms. The Balaban J connectivity index is 1.55. The van der Waals surface area contributed by atoms with Crippen LogP contribution in [0.2, 0.25) is 5.02 Å². The fraction of sp³-hybridized carbons (Fsp3) is 0.261. The molecule has 0 unspecified atom stereocenters. The predicted octanol–water partition coefficient (Wildman–Crippen LogP) is 4.62. The lowest BCUT2D eigenvalue weighted by Crippen LogP contribution is -2.07. The molecule has 0 spiro atoms. The van der Waals surface area contributed by atoms with E-state index in [-0.39, 0.29) is 0 Å². The maximum absolute atomic E-state index is 6.00. The monoisotopic (exact) mass is 435 g/mol. The molecule has 0 radical (unpaired) electrons. The number of rotatable bonds is 6. The topological polar surface area (TPSA) is 73.6 Å². The van der Waals surface area contributed by atoms with Crippen molar-refractivity contribution in [1.29, 1.82) is 0 Å². The van der Waals surface area contributed by atoms with Crippen LogP contribution in [-0.2, 0) is 19.3 Å². The van der Waals surface area contributed by atoms with Crippen LogP contribution in [0, 0.1) is 0 Å². The molecule has 0 saturated heterocycles. The average Bonchev–Trinajstić information content (AvgIpc) is 3.41. The Morgan fingerprint density at radius 2 is 1.81 bits per heavy atom. The summed E-state index contributed by atoms with van der Waals surface area (Å²) in [5, 5.41) is 9.01. The molecule has 1 aliphatic carbocycles. The van der Waals surface area contributed by atoms with Gasteiger partial charge in [-0.1, -0.05) is 23.7 Å². The van der Waals surface area contributed by atoms with E-state index in [4.69, 9.17) is 36.1 Å². The molecule has 2 aromatic heterocycles. The zero-order valence-corrected chi connectivity index (χ0v) is 18.1. The summed E-state index contributed by atoms with van der Waals surface area (Å²) in [7, 11) is 3.26. The van der Waals surface area contributed by atoms with Gasteiger partial charge in [0, 0.05) is 28.8 Å². The second-order valence-corrected chi connectivity index (χ2v) is 7.91. The number of hydrogen-bond donors (Lipinski definition) is 1. The quantitative estimate of drug-likeness (QED) is 0.476. The van der Waals surface area contributed by atoms with Gasteiger partial charge in [0.25, 0.3) is 5.78 Å². The van der Waals surface area contributed by atoms with Gasteiger partial charge in [-0.25, -0.2) is 4.98 Å². The molecule has 1 aliphatic rings. The lowest BCUT2D eigenvalue weighted by Gasteiger charge is -2.14. The lowest BCUT2D eigenvalue weighted by molar-refractivity contribution is 0.355. The van der Waals surface area contributed by atoms with E-state index < -0.39 is 0 Å². The average molecular weight is 436 g/mol. The normalized spacial score (nSPS) is 12.7. The Morgan fingerprint density at radius 1 is 1.00 bits per heavy atom. The third-order valence-electron chi connectivity index (χ3n) is 5.48. The SMILES string of the molecule is COc1ccc(Nc2c3c(nc4nc(Cc5ccc(Cl)cc5)nn24)CCC3)cc1OC. The third kappa shape index (κ3) is 3.77. The first-order valence-corrected chi connectivity index (χ1v) is 10.5. The van der Waals surface area contributed by atoms with E-state index in [9.17, 15) is 0 Å². The summed E-state index contributed by atoms with van der Waals surface area (Å²) >= 11 is 6.00. The van der Waals surface area contributed by atoms with Crippen LogP contribution in [-0.4, -0.2) is 33.8 Å². The zero-order chi connectivity index (χ0) is 21.4. The summed E-state index contributed by atoms with van der Waals surface area (Å²) in [6.07, 6.45) is 3.60. The zero-order valence-electron chi connectivity index (χ0n) is 17.4. The fourth-order valence-electron chi connectivity index (χ4n) is 3.96. The number of anilines is 2. The molecule has 0 amide bonds. The van der Waals surface area contributed by atoms with Gasteiger partial charge in [0.15, 0.2) is 17.3 Å². The van der Waals surface area contributed by atoms with Crippen molar-refractivity contribution in [2.45, 2.75) is 25.7 Å². The molecule has 0 aliphatic heterocycles. The number of aryl methyl sites for hydroxylation is 1. The molecule has 2 aromatic carbocycles. The molecule has 2 heterocycles. The van der Waals surface area contributed by atoms with Crippen LogP contribution in [0.5, 0.6) is 11.5 Å². The maximum atomic E-state index is 6.00. The van der Waals surface area contributed by atoms with E-state index in [1.807, 2.05) is 47.0 Å². The van der Waals surface area contributed by atoms with Crippen molar-refractivity contribution in [3.63, 3.8) is 0 Å².